The third kappa shape index (κ3) is 2.64. The maximum absolute atomic E-state index is 11.4. The van der Waals surface area contributed by atoms with Crippen molar-refractivity contribution >= 4 is 21.6 Å². The zero-order valence-corrected chi connectivity index (χ0v) is 11.1. The van der Waals surface area contributed by atoms with E-state index in [1.807, 2.05) is 11.6 Å². The summed E-state index contributed by atoms with van der Waals surface area (Å²) in [4.78, 5) is 0. The lowest BCUT2D eigenvalue weighted by atomic mass is 10.1. The molecule has 0 bridgehead atoms. The normalized spacial score (nSPS) is 22.5. The lowest BCUT2D eigenvalue weighted by Gasteiger charge is -2.07. The number of hydrogen-bond acceptors (Lipinski definition) is 5. The van der Waals surface area contributed by atoms with Gasteiger partial charge >= 0.3 is 0 Å². The van der Waals surface area contributed by atoms with Gasteiger partial charge in [0.15, 0.2) is 15.0 Å². The van der Waals surface area contributed by atoms with Crippen molar-refractivity contribution in [2.45, 2.75) is 17.5 Å². The molecule has 1 saturated heterocycles. The van der Waals surface area contributed by atoms with E-state index in [9.17, 15) is 8.42 Å². The van der Waals surface area contributed by atoms with Crippen LogP contribution in [0.5, 0.6) is 0 Å². The molecule has 1 aromatic rings. The molecule has 17 heavy (non-hydrogen) atoms. The van der Waals surface area contributed by atoms with Crippen LogP contribution in [0.4, 0.5) is 0 Å². The van der Waals surface area contributed by atoms with Crippen molar-refractivity contribution in [2.24, 2.45) is 7.05 Å². The topological polar surface area (TPSA) is 64.8 Å². The van der Waals surface area contributed by atoms with Gasteiger partial charge in [0.1, 0.15) is 5.82 Å². The molecular formula is C10H13N3O2S2. The molecule has 1 fully saturated rings. The van der Waals surface area contributed by atoms with Crippen LogP contribution in [0.1, 0.15) is 18.2 Å². The van der Waals surface area contributed by atoms with Crippen molar-refractivity contribution in [1.82, 2.24) is 14.8 Å². The molecule has 0 unspecified atom stereocenters. The van der Waals surface area contributed by atoms with Gasteiger partial charge < -0.3 is 4.57 Å². The van der Waals surface area contributed by atoms with Crippen LogP contribution in [0.3, 0.4) is 0 Å². The van der Waals surface area contributed by atoms with E-state index in [-0.39, 0.29) is 17.4 Å². The minimum Gasteiger partial charge on any atom is -0.309 e. The largest absolute Gasteiger partial charge is 0.309 e. The second kappa shape index (κ2) is 4.70. The van der Waals surface area contributed by atoms with Gasteiger partial charge in [0, 0.05) is 13.0 Å². The van der Waals surface area contributed by atoms with Gasteiger partial charge in [-0.2, -0.15) is 0 Å². The first-order valence-electron chi connectivity index (χ1n) is 5.19. The van der Waals surface area contributed by atoms with Gasteiger partial charge in [-0.25, -0.2) is 8.42 Å². The summed E-state index contributed by atoms with van der Waals surface area (Å²) in [5.41, 5.74) is 0. The fourth-order valence-electron chi connectivity index (χ4n) is 1.91. The predicted octanol–water partition coefficient (Wildman–Crippen LogP) is 0.442. The smallest absolute Gasteiger partial charge is 0.191 e. The van der Waals surface area contributed by atoms with E-state index in [0.29, 0.717) is 12.2 Å². The zero-order valence-electron chi connectivity index (χ0n) is 9.46. The lowest BCUT2D eigenvalue weighted by molar-refractivity contribution is 0.599. The van der Waals surface area contributed by atoms with E-state index in [1.165, 1.54) is 11.8 Å². The Morgan fingerprint density at radius 3 is 2.94 bits per heavy atom. The number of nitrogens with zero attached hydrogens (tertiary/aromatic N) is 3. The molecule has 2 rings (SSSR count). The van der Waals surface area contributed by atoms with Gasteiger partial charge in [-0.3, -0.25) is 0 Å². The van der Waals surface area contributed by atoms with Crippen LogP contribution in [-0.4, -0.2) is 40.4 Å². The van der Waals surface area contributed by atoms with E-state index in [2.05, 4.69) is 16.1 Å². The first-order chi connectivity index (χ1) is 8.03. The Hall–Kier alpha value is -1.00. The molecule has 5 nitrogen and oxygen atoms in total. The molecule has 1 atom stereocenters. The van der Waals surface area contributed by atoms with Crippen molar-refractivity contribution in [3.05, 3.63) is 5.82 Å². The van der Waals surface area contributed by atoms with E-state index in [0.717, 1.165) is 11.0 Å². The molecule has 0 radical (unpaired) electrons. The average Bonchev–Trinajstić information content (AvgIpc) is 2.79. The van der Waals surface area contributed by atoms with E-state index >= 15 is 0 Å². The van der Waals surface area contributed by atoms with Gasteiger partial charge in [0.05, 0.1) is 17.3 Å². The standard InChI is InChI=1S/C10H13N3O2S2/c1-3-5-16-10-12-11-9(13(10)2)8-4-6-17(14,15)7-8/h1,8H,4-7H2,2H3/t8-/m0/s1. The summed E-state index contributed by atoms with van der Waals surface area (Å²) in [6.45, 7) is 0. The highest BCUT2D eigenvalue weighted by Gasteiger charge is 2.32. The van der Waals surface area contributed by atoms with Crippen LogP contribution in [0.2, 0.25) is 0 Å². The maximum atomic E-state index is 11.4. The first-order valence-corrected chi connectivity index (χ1v) is 8.00. The van der Waals surface area contributed by atoms with Crippen LogP contribution in [0.15, 0.2) is 5.16 Å². The number of rotatable bonds is 3. The summed E-state index contributed by atoms with van der Waals surface area (Å²) >= 11 is 1.43. The molecule has 92 valence electrons. The Kier molecular flexibility index (Phi) is 3.45. The zero-order chi connectivity index (χ0) is 12.5. The number of hydrogen-bond donors (Lipinski definition) is 0. The molecule has 0 N–H and O–H groups in total. The summed E-state index contributed by atoms with van der Waals surface area (Å²) in [7, 11) is -1.04. The van der Waals surface area contributed by atoms with Crippen molar-refractivity contribution in [2.75, 3.05) is 17.3 Å². The van der Waals surface area contributed by atoms with Crippen LogP contribution in [0.25, 0.3) is 0 Å². The molecule has 7 heteroatoms. The van der Waals surface area contributed by atoms with Gasteiger partial charge in [-0.1, -0.05) is 17.7 Å². The van der Waals surface area contributed by atoms with Crippen LogP contribution in [-0.2, 0) is 16.9 Å². The molecule has 0 spiro atoms. The maximum Gasteiger partial charge on any atom is 0.191 e. The fourth-order valence-corrected chi connectivity index (χ4v) is 4.25. The summed E-state index contributed by atoms with van der Waals surface area (Å²) in [5.74, 6) is 4.20. The van der Waals surface area contributed by atoms with Crippen molar-refractivity contribution in [1.29, 1.82) is 0 Å². The number of terminal acetylenes is 1. The van der Waals surface area contributed by atoms with E-state index in [4.69, 9.17) is 6.42 Å². The van der Waals surface area contributed by atoms with E-state index in [1.54, 1.807) is 0 Å². The quantitative estimate of drug-likeness (QED) is 0.589. The van der Waals surface area contributed by atoms with Crippen LogP contribution < -0.4 is 0 Å². The van der Waals surface area contributed by atoms with Gasteiger partial charge in [-0.15, -0.1) is 16.6 Å². The second-order valence-electron chi connectivity index (χ2n) is 3.99. The summed E-state index contributed by atoms with van der Waals surface area (Å²) in [5, 5.41) is 8.84. The Bertz CT molecular complexity index is 557. The summed E-state index contributed by atoms with van der Waals surface area (Å²) in [6, 6.07) is 0. The molecular weight excluding hydrogens is 258 g/mol. The lowest BCUT2D eigenvalue weighted by Crippen LogP contribution is -2.09. The Morgan fingerprint density at radius 2 is 2.35 bits per heavy atom. The van der Waals surface area contributed by atoms with Crippen molar-refractivity contribution in [3.63, 3.8) is 0 Å². The minimum atomic E-state index is -2.89. The van der Waals surface area contributed by atoms with Gasteiger partial charge in [0.2, 0.25) is 0 Å². The number of thioether (sulfide) groups is 1. The molecule has 0 saturated carbocycles. The third-order valence-corrected chi connectivity index (χ3v) is 5.44. The third-order valence-electron chi connectivity index (χ3n) is 2.75. The minimum absolute atomic E-state index is 0.0299. The van der Waals surface area contributed by atoms with Crippen LogP contribution in [0, 0.1) is 12.3 Å². The molecule has 0 amide bonds. The second-order valence-corrected chi connectivity index (χ2v) is 7.16. The molecule has 1 aliphatic rings. The van der Waals surface area contributed by atoms with Crippen molar-refractivity contribution in [3.8, 4) is 12.3 Å². The molecule has 0 aliphatic carbocycles. The highest BCUT2D eigenvalue weighted by atomic mass is 32.2. The fraction of sp³-hybridized carbons (Fsp3) is 0.600. The Labute approximate surface area is 105 Å². The molecule has 0 aromatic carbocycles. The van der Waals surface area contributed by atoms with Crippen molar-refractivity contribution < 1.29 is 8.42 Å². The van der Waals surface area contributed by atoms with Crippen LogP contribution >= 0.6 is 11.8 Å². The Balaban J connectivity index is 2.18. The average molecular weight is 271 g/mol. The van der Waals surface area contributed by atoms with Gasteiger partial charge in [0.25, 0.3) is 0 Å². The highest BCUT2D eigenvalue weighted by Crippen LogP contribution is 2.29. The molecule has 1 aromatic heterocycles. The first kappa shape index (κ1) is 12.5. The predicted molar refractivity (Wildman–Crippen MR) is 66.6 cm³/mol. The van der Waals surface area contributed by atoms with E-state index < -0.39 is 9.84 Å². The number of sulfone groups is 1. The molecule has 2 heterocycles. The summed E-state index contributed by atoms with van der Waals surface area (Å²) in [6.07, 6.45) is 5.82. The number of aromatic nitrogens is 3. The Morgan fingerprint density at radius 1 is 1.59 bits per heavy atom. The SMILES string of the molecule is C#CCSc1nnc([C@H]2CCS(=O)(=O)C2)n1C. The molecule has 1 aliphatic heterocycles. The highest BCUT2D eigenvalue weighted by molar-refractivity contribution is 7.99. The van der Waals surface area contributed by atoms with Gasteiger partial charge in [-0.05, 0) is 6.42 Å². The summed E-state index contributed by atoms with van der Waals surface area (Å²) < 4.78 is 24.7. The monoisotopic (exact) mass is 271 g/mol.